The number of thiophene rings is 1. The molecule has 0 bridgehead atoms. The minimum absolute atomic E-state index is 0.0153. The van der Waals surface area contributed by atoms with E-state index in [0.717, 1.165) is 5.56 Å². The third-order valence-electron chi connectivity index (χ3n) is 3.88. The van der Waals surface area contributed by atoms with Crippen molar-refractivity contribution >= 4 is 21.4 Å². The molecule has 0 radical (unpaired) electrons. The van der Waals surface area contributed by atoms with Crippen LogP contribution in [0.25, 0.3) is 0 Å². The average Bonchev–Trinajstić information content (AvgIpc) is 3.18. The maximum atomic E-state index is 12.6. The van der Waals surface area contributed by atoms with Crippen LogP contribution in [0.4, 0.5) is 0 Å². The Balaban J connectivity index is 1.88. The molecule has 1 saturated heterocycles. The van der Waals surface area contributed by atoms with Crippen LogP contribution < -0.4 is 0 Å². The van der Waals surface area contributed by atoms with Crippen LogP contribution in [-0.2, 0) is 17.1 Å². The average molecular weight is 327 g/mol. The Kier molecular flexibility index (Phi) is 3.87. The molecule has 1 N–H and O–H groups in total. The molecule has 1 aliphatic heterocycles. The van der Waals surface area contributed by atoms with Gasteiger partial charge in [-0.05, 0) is 17.0 Å². The summed E-state index contributed by atoms with van der Waals surface area (Å²) in [7, 11) is -1.63. The molecule has 0 saturated carbocycles. The molecule has 0 unspecified atom stereocenters. The Bertz CT molecular complexity index is 709. The van der Waals surface area contributed by atoms with E-state index >= 15 is 0 Å². The lowest BCUT2D eigenvalue weighted by atomic mass is 9.92. The number of sulfonamides is 1. The molecule has 3 heterocycles. The molecule has 0 amide bonds. The van der Waals surface area contributed by atoms with Crippen molar-refractivity contribution in [3.8, 4) is 0 Å². The maximum absolute atomic E-state index is 12.6. The van der Waals surface area contributed by atoms with Gasteiger partial charge < -0.3 is 5.11 Å². The van der Waals surface area contributed by atoms with Crippen LogP contribution >= 0.6 is 11.3 Å². The molecule has 6 nitrogen and oxygen atoms in total. The summed E-state index contributed by atoms with van der Waals surface area (Å²) in [5.74, 6) is -0.109. The highest BCUT2D eigenvalue weighted by atomic mass is 32.2. The van der Waals surface area contributed by atoms with E-state index in [1.54, 1.807) is 28.4 Å². The molecule has 3 rings (SSSR count). The number of hydrogen-bond acceptors (Lipinski definition) is 5. The highest BCUT2D eigenvalue weighted by molar-refractivity contribution is 7.91. The van der Waals surface area contributed by atoms with Gasteiger partial charge >= 0.3 is 0 Å². The van der Waals surface area contributed by atoms with E-state index in [2.05, 4.69) is 5.10 Å². The predicted octanol–water partition coefficient (Wildman–Crippen LogP) is 0.878. The summed E-state index contributed by atoms with van der Waals surface area (Å²) < 4.78 is 28.7. The van der Waals surface area contributed by atoms with Crippen molar-refractivity contribution < 1.29 is 13.5 Å². The number of aliphatic hydroxyl groups is 1. The van der Waals surface area contributed by atoms with Crippen molar-refractivity contribution in [1.29, 1.82) is 0 Å². The van der Waals surface area contributed by atoms with Gasteiger partial charge in [0.25, 0.3) is 10.0 Å². The van der Waals surface area contributed by atoms with E-state index in [-0.39, 0.29) is 18.4 Å². The number of aliphatic hydroxyl groups excluding tert-OH is 1. The van der Waals surface area contributed by atoms with Crippen LogP contribution in [0.1, 0.15) is 11.5 Å². The fourth-order valence-corrected chi connectivity index (χ4v) is 5.43. The van der Waals surface area contributed by atoms with Gasteiger partial charge in [0.2, 0.25) is 0 Å². The second kappa shape index (κ2) is 5.53. The third-order valence-corrected chi connectivity index (χ3v) is 7.09. The van der Waals surface area contributed by atoms with Gasteiger partial charge in [0.05, 0.1) is 6.20 Å². The van der Waals surface area contributed by atoms with Crippen molar-refractivity contribution in [2.45, 2.75) is 10.1 Å². The molecule has 2 aromatic heterocycles. The number of rotatable bonds is 4. The summed E-state index contributed by atoms with van der Waals surface area (Å²) >= 11 is 1.22. The zero-order chi connectivity index (χ0) is 15.0. The third kappa shape index (κ3) is 2.64. The molecule has 1 aliphatic rings. The molecule has 2 atom stereocenters. The fraction of sp³-hybridized carbons (Fsp3) is 0.462. The molecule has 8 heteroatoms. The van der Waals surface area contributed by atoms with Gasteiger partial charge in [-0.15, -0.1) is 11.3 Å². The largest absolute Gasteiger partial charge is 0.396 e. The van der Waals surface area contributed by atoms with Gasteiger partial charge in [0.1, 0.15) is 4.21 Å². The van der Waals surface area contributed by atoms with Gasteiger partial charge in [-0.2, -0.15) is 9.40 Å². The quantitative estimate of drug-likeness (QED) is 0.904. The van der Waals surface area contributed by atoms with Crippen LogP contribution in [0.3, 0.4) is 0 Å². The molecule has 114 valence electrons. The number of hydrogen-bond donors (Lipinski definition) is 1. The summed E-state index contributed by atoms with van der Waals surface area (Å²) in [5.41, 5.74) is 0.973. The molecule has 0 aliphatic carbocycles. The van der Waals surface area contributed by atoms with Crippen LogP contribution in [0.15, 0.2) is 34.1 Å². The standard InChI is InChI=1S/C13H17N3O3S2/c1-15-6-10(5-14-15)12-8-16(7-11(12)9-17)21(18,19)13-3-2-4-20-13/h2-6,11-12,17H,7-9H2,1H3/t11-,12-/m0/s1. The topological polar surface area (TPSA) is 75.4 Å². The van der Waals surface area contributed by atoms with Gasteiger partial charge in [0.15, 0.2) is 0 Å². The molecule has 21 heavy (non-hydrogen) atoms. The molecular weight excluding hydrogens is 310 g/mol. The predicted molar refractivity (Wildman–Crippen MR) is 79.6 cm³/mol. The lowest BCUT2D eigenvalue weighted by molar-refractivity contribution is 0.223. The molecule has 0 aromatic carbocycles. The summed E-state index contributed by atoms with van der Waals surface area (Å²) in [5, 5.41) is 15.5. The second-order valence-corrected chi connectivity index (χ2v) is 8.36. The SMILES string of the molecule is Cn1cc([C@@H]2CN(S(=O)(=O)c3cccs3)C[C@H]2CO)cn1. The smallest absolute Gasteiger partial charge is 0.252 e. The Labute approximate surface area is 127 Å². The Hall–Kier alpha value is -1.22. The normalized spacial score (nSPS) is 23.7. The van der Waals surface area contributed by atoms with Crippen molar-refractivity contribution in [2.24, 2.45) is 13.0 Å². The first kappa shape index (κ1) is 14.7. The monoisotopic (exact) mass is 327 g/mol. The van der Waals surface area contributed by atoms with Crippen molar-refractivity contribution in [1.82, 2.24) is 14.1 Å². The molecular formula is C13H17N3O3S2. The maximum Gasteiger partial charge on any atom is 0.252 e. The van der Waals surface area contributed by atoms with Crippen molar-refractivity contribution in [2.75, 3.05) is 19.7 Å². The highest BCUT2D eigenvalue weighted by Crippen LogP contribution is 2.35. The van der Waals surface area contributed by atoms with Crippen LogP contribution in [0.2, 0.25) is 0 Å². The van der Waals surface area contributed by atoms with Crippen LogP contribution in [0.5, 0.6) is 0 Å². The zero-order valence-corrected chi connectivity index (χ0v) is 13.2. The lowest BCUT2D eigenvalue weighted by Crippen LogP contribution is -2.28. The fourth-order valence-electron chi connectivity index (χ4n) is 2.76. The van der Waals surface area contributed by atoms with Crippen LogP contribution in [-0.4, -0.2) is 47.3 Å². The minimum Gasteiger partial charge on any atom is -0.396 e. The Morgan fingerprint density at radius 2 is 2.29 bits per heavy atom. The van der Waals surface area contributed by atoms with E-state index in [1.165, 1.54) is 15.6 Å². The van der Waals surface area contributed by atoms with E-state index in [9.17, 15) is 13.5 Å². The van der Waals surface area contributed by atoms with Crippen molar-refractivity contribution in [3.63, 3.8) is 0 Å². The molecule has 0 spiro atoms. The van der Waals surface area contributed by atoms with Crippen molar-refractivity contribution in [3.05, 3.63) is 35.5 Å². The lowest BCUT2D eigenvalue weighted by Gasteiger charge is -2.14. The van der Waals surface area contributed by atoms with Gasteiger partial charge in [-0.1, -0.05) is 6.07 Å². The van der Waals surface area contributed by atoms with E-state index in [1.807, 2.05) is 13.2 Å². The summed E-state index contributed by atoms with van der Waals surface area (Å²) in [6.07, 6.45) is 3.63. The zero-order valence-electron chi connectivity index (χ0n) is 11.6. The first-order valence-electron chi connectivity index (χ1n) is 6.65. The number of nitrogens with zero attached hydrogens (tertiary/aromatic N) is 3. The van der Waals surface area contributed by atoms with E-state index in [0.29, 0.717) is 17.3 Å². The molecule has 1 fully saturated rings. The van der Waals surface area contributed by atoms with E-state index < -0.39 is 10.0 Å². The molecule has 2 aromatic rings. The van der Waals surface area contributed by atoms with E-state index in [4.69, 9.17) is 0 Å². The Morgan fingerprint density at radius 3 is 2.86 bits per heavy atom. The summed E-state index contributed by atoms with van der Waals surface area (Å²) in [6, 6.07) is 3.35. The summed E-state index contributed by atoms with van der Waals surface area (Å²) in [4.78, 5) is 0. The first-order valence-corrected chi connectivity index (χ1v) is 8.97. The number of aromatic nitrogens is 2. The van der Waals surface area contributed by atoms with Gasteiger partial charge in [-0.3, -0.25) is 4.68 Å². The highest BCUT2D eigenvalue weighted by Gasteiger charge is 2.40. The summed E-state index contributed by atoms with van der Waals surface area (Å²) in [6.45, 7) is 0.698. The van der Waals surface area contributed by atoms with Gasteiger partial charge in [-0.25, -0.2) is 8.42 Å². The minimum atomic E-state index is -3.46. The Morgan fingerprint density at radius 1 is 1.48 bits per heavy atom. The van der Waals surface area contributed by atoms with Crippen LogP contribution in [0, 0.1) is 5.92 Å². The number of aryl methyl sites for hydroxylation is 1. The second-order valence-electron chi connectivity index (χ2n) is 5.25. The first-order chi connectivity index (χ1) is 10.0. The van der Waals surface area contributed by atoms with Gasteiger partial charge in [0, 0.05) is 44.8 Å².